The Morgan fingerprint density at radius 1 is 1.33 bits per heavy atom. The summed E-state index contributed by atoms with van der Waals surface area (Å²) in [6.07, 6.45) is 1.15. The Hall–Kier alpha value is -1.39. The minimum absolute atomic E-state index is 0.885. The summed E-state index contributed by atoms with van der Waals surface area (Å²) in [7, 11) is 2.13. The second kappa shape index (κ2) is 7.57. The van der Waals surface area contributed by atoms with Crippen LogP contribution in [0.1, 0.15) is 35.7 Å². The maximum atomic E-state index is 4.78. The van der Waals surface area contributed by atoms with Crippen LogP contribution in [-0.2, 0) is 13.1 Å². The first-order valence-electron chi connectivity index (χ1n) is 7.52. The molecule has 0 spiro atoms. The smallest absolute Gasteiger partial charge is 0.133 e. The number of anilines is 1. The van der Waals surface area contributed by atoms with E-state index in [4.69, 9.17) is 4.98 Å². The quantitative estimate of drug-likeness (QED) is 0.786. The molecule has 0 unspecified atom stereocenters. The molecule has 0 aliphatic heterocycles. The van der Waals surface area contributed by atoms with Crippen molar-refractivity contribution in [2.75, 3.05) is 18.5 Å². The molecule has 3 nitrogen and oxygen atoms in total. The van der Waals surface area contributed by atoms with Gasteiger partial charge in [0.2, 0.25) is 0 Å². The SMILES string of the molecule is CCCNCc1c(C)cc(C)nc1N(C)Cc1ccsc1. The number of aromatic nitrogens is 1. The maximum Gasteiger partial charge on any atom is 0.133 e. The van der Waals surface area contributed by atoms with Crippen LogP contribution in [-0.4, -0.2) is 18.6 Å². The molecule has 21 heavy (non-hydrogen) atoms. The summed E-state index contributed by atoms with van der Waals surface area (Å²) in [6.45, 7) is 9.27. The van der Waals surface area contributed by atoms with Gasteiger partial charge in [-0.2, -0.15) is 11.3 Å². The molecule has 0 fully saturated rings. The van der Waals surface area contributed by atoms with Crippen LogP contribution in [0.3, 0.4) is 0 Å². The number of hydrogen-bond donors (Lipinski definition) is 1. The van der Waals surface area contributed by atoms with Crippen molar-refractivity contribution in [3.63, 3.8) is 0 Å². The normalized spacial score (nSPS) is 10.9. The van der Waals surface area contributed by atoms with Gasteiger partial charge < -0.3 is 10.2 Å². The number of hydrogen-bond acceptors (Lipinski definition) is 4. The summed E-state index contributed by atoms with van der Waals surface area (Å²) in [5, 5.41) is 7.83. The standard InChI is InChI=1S/C17H25N3S/c1-5-7-18-10-16-13(2)9-14(3)19-17(16)20(4)11-15-6-8-21-12-15/h6,8-9,12,18H,5,7,10-11H2,1-4H3. The first kappa shape index (κ1) is 16.0. The van der Waals surface area contributed by atoms with Crippen molar-refractivity contribution >= 4 is 17.2 Å². The van der Waals surface area contributed by atoms with Crippen LogP contribution in [0.5, 0.6) is 0 Å². The molecule has 0 saturated carbocycles. The van der Waals surface area contributed by atoms with E-state index in [0.717, 1.165) is 37.6 Å². The molecular formula is C17H25N3S. The first-order chi connectivity index (χ1) is 10.1. The van der Waals surface area contributed by atoms with Crippen LogP contribution in [0.25, 0.3) is 0 Å². The van der Waals surface area contributed by atoms with E-state index >= 15 is 0 Å². The molecule has 4 heteroatoms. The molecule has 2 rings (SSSR count). The number of aryl methyl sites for hydroxylation is 2. The van der Waals surface area contributed by atoms with E-state index in [-0.39, 0.29) is 0 Å². The highest BCUT2D eigenvalue weighted by Gasteiger charge is 2.13. The van der Waals surface area contributed by atoms with Crippen molar-refractivity contribution in [2.45, 2.75) is 40.3 Å². The van der Waals surface area contributed by atoms with Crippen LogP contribution in [0.4, 0.5) is 5.82 Å². The van der Waals surface area contributed by atoms with Gasteiger partial charge in [0.15, 0.2) is 0 Å². The lowest BCUT2D eigenvalue weighted by molar-refractivity contribution is 0.668. The first-order valence-corrected chi connectivity index (χ1v) is 8.46. The van der Waals surface area contributed by atoms with E-state index < -0.39 is 0 Å². The summed E-state index contributed by atoms with van der Waals surface area (Å²) in [5.74, 6) is 1.10. The van der Waals surface area contributed by atoms with Crippen LogP contribution in [0.2, 0.25) is 0 Å². The second-order valence-corrected chi connectivity index (χ2v) is 6.33. The summed E-state index contributed by atoms with van der Waals surface area (Å²) in [5.41, 5.74) is 5.06. The highest BCUT2D eigenvalue weighted by Crippen LogP contribution is 2.23. The molecule has 0 saturated heterocycles. The zero-order valence-electron chi connectivity index (χ0n) is 13.4. The van der Waals surface area contributed by atoms with Crippen molar-refractivity contribution in [3.8, 4) is 0 Å². The fourth-order valence-corrected chi connectivity index (χ4v) is 3.16. The minimum atomic E-state index is 0.885. The largest absolute Gasteiger partial charge is 0.355 e. The van der Waals surface area contributed by atoms with Crippen molar-refractivity contribution in [1.82, 2.24) is 10.3 Å². The number of rotatable bonds is 7. The molecule has 0 radical (unpaired) electrons. The lowest BCUT2D eigenvalue weighted by Crippen LogP contribution is -2.23. The summed E-state index contributed by atoms with van der Waals surface area (Å²) >= 11 is 1.74. The Kier molecular flexibility index (Phi) is 5.76. The number of nitrogens with one attached hydrogen (secondary N) is 1. The third kappa shape index (κ3) is 4.29. The molecule has 0 amide bonds. The molecule has 2 aromatic rings. The fourth-order valence-electron chi connectivity index (χ4n) is 2.50. The molecule has 1 N–H and O–H groups in total. The van der Waals surface area contributed by atoms with E-state index in [1.54, 1.807) is 11.3 Å². The number of thiophene rings is 1. The van der Waals surface area contributed by atoms with Gasteiger partial charge in [-0.1, -0.05) is 6.92 Å². The van der Waals surface area contributed by atoms with E-state index in [1.165, 1.54) is 16.7 Å². The summed E-state index contributed by atoms with van der Waals surface area (Å²) in [6, 6.07) is 4.35. The van der Waals surface area contributed by atoms with Gasteiger partial charge in [0.1, 0.15) is 5.82 Å². The average Bonchev–Trinajstić information content (AvgIpc) is 2.93. The molecule has 0 aliphatic carbocycles. The van der Waals surface area contributed by atoms with Gasteiger partial charge in [-0.25, -0.2) is 4.98 Å². The monoisotopic (exact) mass is 303 g/mol. The van der Waals surface area contributed by atoms with Gasteiger partial charge in [0, 0.05) is 31.4 Å². The van der Waals surface area contributed by atoms with Crippen LogP contribution >= 0.6 is 11.3 Å². The predicted octanol–water partition coefficient (Wildman–Crippen LogP) is 3.90. The molecule has 0 aliphatic rings. The molecular weight excluding hydrogens is 278 g/mol. The van der Waals surface area contributed by atoms with Crippen LogP contribution < -0.4 is 10.2 Å². The minimum Gasteiger partial charge on any atom is -0.355 e. The van der Waals surface area contributed by atoms with Gasteiger partial charge >= 0.3 is 0 Å². The van der Waals surface area contributed by atoms with Gasteiger partial charge in [0.05, 0.1) is 0 Å². The zero-order chi connectivity index (χ0) is 15.2. The zero-order valence-corrected chi connectivity index (χ0v) is 14.3. The Morgan fingerprint density at radius 3 is 2.81 bits per heavy atom. The van der Waals surface area contributed by atoms with Gasteiger partial charge in [-0.15, -0.1) is 0 Å². The Labute approximate surface area is 132 Å². The van der Waals surface area contributed by atoms with Crippen LogP contribution in [0.15, 0.2) is 22.9 Å². The molecule has 2 aromatic heterocycles. The van der Waals surface area contributed by atoms with Crippen molar-refractivity contribution < 1.29 is 0 Å². The lowest BCUT2D eigenvalue weighted by Gasteiger charge is -2.23. The van der Waals surface area contributed by atoms with E-state index in [2.05, 4.69) is 60.9 Å². The van der Waals surface area contributed by atoms with Crippen molar-refractivity contribution in [2.24, 2.45) is 0 Å². The molecule has 2 heterocycles. The van der Waals surface area contributed by atoms with Crippen molar-refractivity contribution in [3.05, 3.63) is 45.3 Å². The summed E-state index contributed by atoms with van der Waals surface area (Å²) < 4.78 is 0. The fraction of sp³-hybridized carbons (Fsp3) is 0.471. The van der Waals surface area contributed by atoms with Crippen molar-refractivity contribution in [1.29, 1.82) is 0 Å². The van der Waals surface area contributed by atoms with E-state index in [1.807, 2.05) is 0 Å². The number of nitrogens with zero attached hydrogens (tertiary/aromatic N) is 2. The lowest BCUT2D eigenvalue weighted by atomic mass is 10.1. The van der Waals surface area contributed by atoms with Gasteiger partial charge in [-0.05, 0) is 60.8 Å². The highest BCUT2D eigenvalue weighted by molar-refractivity contribution is 7.07. The highest BCUT2D eigenvalue weighted by atomic mass is 32.1. The average molecular weight is 303 g/mol. The maximum absolute atomic E-state index is 4.78. The number of pyridine rings is 1. The molecule has 0 bridgehead atoms. The second-order valence-electron chi connectivity index (χ2n) is 5.55. The van der Waals surface area contributed by atoms with Gasteiger partial charge in [0.25, 0.3) is 0 Å². The third-order valence-corrected chi connectivity index (χ3v) is 4.28. The molecule has 0 aromatic carbocycles. The Bertz CT molecular complexity index is 564. The predicted molar refractivity (Wildman–Crippen MR) is 92.1 cm³/mol. The van der Waals surface area contributed by atoms with E-state index in [0.29, 0.717) is 0 Å². The van der Waals surface area contributed by atoms with Gasteiger partial charge in [-0.3, -0.25) is 0 Å². The van der Waals surface area contributed by atoms with E-state index in [9.17, 15) is 0 Å². The van der Waals surface area contributed by atoms with Crippen LogP contribution in [0, 0.1) is 13.8 Å². The third-order valence-electron chi connectivity index (χ3n) is 3.54. The topological polar surface area (TPSA) is 28.2 Å². The molecule has 0 atom stereocenters. The molecule has 114 valence electrons. The summed E-state index contributed by atoms with van der Waals surface area (Å²) in [4.78, 5) is 7.04. The Balaban J connectivity index is 2.22. The Morgan fingerprint density at radius 2 is 2.14 bits per heavy atom.